The minimum absolute atomic E-state index is 1.10. The molecule has 0 unspecified atom stereocenters. The zero-order valence-electron chi connectivity index (χ0n) is 4.61. The summed E-state index contributed by atoms with van der Waals surface area (Å²) in [6.07, 6.45) is 2.86. The van der Waals surface area contributed by atoms with E-state index < -0.39 is 0 Å². The molecule has 0 bridgehead atoms. The molecule has 0 atom stereocenters. The van der Waals surface area contributed by atoms with Crippen molar-refractivity contribution < 1.29 is 18.3 Å². The molecule has 0 aromatic carbocycles. The molecule has 1 saturated heterocycles. The van der Waals surface area contributed by atoms with Crippen LogP contribution in [0.1, 0.15) is 12.8 Å². The first-order valence-electron chi connectivity index (χ1n) is 2.93. The Bertz CT molecular complexity index is 50.0. The van der Waals surface area contributed by atoms with Crippen molar-refractivity contribution in [3.8, 4) is 0 Å². The van der Waals surface area contributed by atoms with Gasteiger partial charge in [-0.2, -0.15) is 0 Å². The fraction of sp³-hybridized carbons (Fsp3) is 1.00. The Hall–Kier alpha value is 0.583. The van der Waals surface area contributed by atoms with E-state index in [1.54, 1.807) is 0 Å². The SMILES string of the molecule is [Zn][CH]1CCNCC1. The zero-order valence-corrected chi connectivity index (χ0v) is 7.58. The van der Waals surface area contributed by atoms with Crippen LogP contribution < -0.4 is 5.32 Å². The van der Waals surface area contributed by atoms with E-state index in [-0.39, 0.29) is 0 Å². The van der Waals surface area contributed by atoms with E-state index in [0.717, 1.165) is 4.51 Å². The second kappa shape index (κ2) is 2.79. The Kier molecular flexibility index (Phi) is 2.27. The standard InChI is InChI=1S/C5H10N.Zn/c1-2-4-6-5-3-1;/h1,6H,2-5H2;. The van der Waals surface area contributed by atoms with Crippen LogP contribution in [0.2, 0.25) is 4.51 Å². The third-order valence-corrected chi connectivity index (χ3v) is 3.17. The molecule has 0 spiro atoms. The molecule has 1 nitrogen and oxygen atoms in total. The van der Waals surface area contributed by atoms with Crippen molar-refractivity contribution in [1.29, 1.82) is 0 Å². The molecule has 7 heavy (non-hydrogen) atoms. The van der Waals surface area contributed by atoms with Crippen LogP contribution in [0.5, 0.6) is 0 Å². The van der Waals surface area contributed by atoms with Crippen molar-refractivity contribution in [2.24, 2.45) is 0 Å². The van der Waals surface area contributed by atoms with Crippen LogP contribution in [-0.4, -0.2) is 13.1 Å². The van der Waals surface area contributed by atoms with Gasteiger partial charge in [-0.3, -0.25) is 0 Å². The topological polar surface area (TPSA) is 12.0 Å². The molecular weight excluding hydrogens is 139 g/mol. The molecule has 0 aliphatic carbocycles. The summed E-state index contributed by atoms with van der Waals surface area (Å²) in [5.74, 6) is 0. The molecule has 1 heterocycles. The molecular formula is C5H10NZn. The van der Waals surface area contributed by atoms with Gasteiger partial charge in [-0.1, -0.05) is 0 Å². The maximum absolute atomic E-state index is 3.34. The first-order chi connectivity index (χ1) is 3.39. The van der Waals surface area contributed by atoms with E-state index >= 15 is 0 Å². The summed E-state index contributed by atoms with van der Waals surface area (Å²) in [6.45, 7) is 2.54. The molecule has 0 amide bonds. The average molecular weight is 150 g/mol. The average Bonchev–Trinajstić information content (AvgIpc) is 1.69. The molecule has 2 heteroatoms. The number of hydrogen-bond acceptors (Lipinski definition) is 1. The predicted octanol–water partition coefficient (Wildman–Crippen LogP) is 0.705. The van der Waals surface area contributed by atoms with Gasteiger partial charge in [-0.25, -0.2) is 0 Å². The van der Waals surface area contributed by atoms with E-state index in [4.69, 9.17) is 0 Å². The van der Waals surface area contributed by atoms with Crippen molar-refractivity contribution in [1.82, 2.24) is 5.32 Å². The van der Waals surface area contributed by atoms with Crippen molar-refractivity contribution in [2.75, 3.05) is 13.1 Å². The van der Waals surface area contributed by atoms with Crippen LogP contribution in [0.3, 0.4) is 0 Å². The second-order valence-electron chi connectivity index (χ2n) is 2.19. The molecule has 1 aliphatic heterocycles. The molecule has 0 radical (unpaired) electrons. The molecule has 1 aliphatic rings. The first-order valence-corrected chi connectivity index (χ1v) is 4.64. The van der Waals surface area contributed by atoms with Gasteiger partial charge in [-0.15, -0.1) is 0 Å². The van der Waals surface area contributed by atoms with E-state index in [1.807, 2.05) is 0 Å². The fourth-order valence-electron chi connectivity index (χ4n) is 0.882. The van der Waals surface area contributed by atoms with Crippen molar-refractivity contribution in [3.63, 3.8) is 0 Å². The second-order valence-corrected chi connectivity index (χ2v) is 4.62. The summed E-state index contributed by atoms with van der Waals surface area (Å²) < 4.78 is 1.10. The predicted molar refractivity (Wildman–Crippen MR) is 25.9 cm³/mol. The van der Waals surface area contributed by atoms with Crippen LogP contribution >= 0.6 is 0 Å². The third kappa shape index (κ3) is 1.88. The number of hydrogen-bond donors (Lipinski definition) is 1. The third-order valence-electron chi connectivity index (χ3n) is 1.46. The Morgan fingerprint density at radius 3 is 2.14 bits per heavy atom. The summed E-state index contributed by atoms with van der Waals surface area (Å²) >= 11 is 1.50. The number of nitrogens with one attached hydrogen (secondary N) is 1. The van der Waals surface area contributed by atoms with Gasteiger partial charge in [0.05, 0.1) is 0 Å². The summed E-state index contributed by atoms with van der Waals surface area (Å²) in [7, 11) is 0. The molecule has 0 saturated carbocycles. The molecule has 0 aromatic heterocycles. The zero-order chi connectivity index (χ0) is 5.11. The van der Waals surface area contributed by atoms with E-state index in [0.29, 0.717) is 0 Å². The van der Waals surface area contributed by atoms with Gasteiger partial charge >= 0.3 is 54.1 Å². The van der Waals surface area contributed by atoms with Crippen LogP contribution in [0.4, 0.5) is 0 Å². The normalized spacial score (nSPS) is 25.4. The van der Waals surface area contributed by atoms with Gasteiger partial charge in [0, 0.05) is 0 Å². The van der Waals surface area contributed by atoms with Crippen molar-refractivity contribution in [2.45, 2.75) is 17.4 Å². The van der Waals surface area contributed by atoms with Crippen molar-refractivity contribution in [3.05, 3.63) is 0 Å². The number of piperidine rings is 1. The minimum atomic E-state index is 1.10. The summed E-state index contributed by atoms with van der Waals surface area (Å²) in [4.78, 5) is 0. The van der Waals surface area contributed by atoms with Gasteiger partial charge in [-0.05, 0) is 0 Å². The van der Waals surface area contributed by atoms with E-state index in [1.165, 1.54) is 44.2 Å². The summed E-state index contributed by atoms with van der Waals surface area (Å²) in [6, 6.07) is 0. The van der Waals surface area contributed by atoms with Gasteiger partial charge in [0.25, 0.3) is 0 Å². The molecule has 1 N–H and O–H groups in total. The quantitative estimate of drug-likeness (QED) is 0.500. The Morgan fingerprint density at radius 1 is 1.29 bits per heavy atom. The fourth-order valence-corrected chi connectivity index (χ4v) is 1.74. The van der Waals surface area contributed by atoms with Gasteiger partial charge in [0.15, 0.2) is 0 Å². The number of rotatable bonds is 0. The Labute approximate surface area is 54.5 Å². The molecule has 1 fully saturated rings. The Balaban J connectivity index is 2.12. The summed E-state index contributed by atoms with van der Waals surface area (Å²) in [5, 5.41) is 3.34. The van der Waals surface area contributed by atoms with Gasteiger partial charge < -0.3 is 0 Å². The Morgan fingerprint density at radius 2 is 1.86 bits per heavy atom. The van der Waals surface area contributed by atoms with Crippen molar-refractivity contribution >= 4 is 0 Å². The van der Waals surface area contributed by atoms with E-state index in [9.17, 15) is 0 Å². The van der Waals surface area contributed by atoms with Crippen LogP contribution in [0, 0.1) is 0 Å². The van der Waals surface area contributed by atoms with Gasteiger partial charge in [0.1, 0.15) is 0 Å². The molecule has 1 rings (SSSR count). The van der Waals surface area contributed by atoms with E-state index in [2.05, 4.69) is 5.32 Å². The van der Waals surface area contributed by atoms with Crippen LogP contribution in [-0.2, 0) is 18.3 Å². The first kappa shape index (κ1) is 5.72. The molecule has 37 valence electrons. The monoisotopic (exact) mass is 148 g/mol. The van der Waals surface area contributed by atoms with Crippen LogP contribution in [0.25, 0.3) is 0 Å². The summed E-state index contributed by atoms with van der Waals surface area (Å²) in [5.41, 5.74) is 0. The molecule has 0 aromatic rings. The maximum atomic E-state index is 3.34. The van der Waals surface area contributed by atoms with Gasteiger partial charge in [0.2, 0.25) is 0 Å². The van der Waals surface area contributed by atoms with Crippen LogP contribution in [0.15, 0.2) is 0 Å².